The molecule has 0 unspecified atom stereocenters. The van der Waals surface area contributed by atoms with Gasteiger partial charge in [0.1, 0.15) is 0 Å². The molecule has 1 aromatic heterocycles. The van der Waals surface area contributed by atoms with E-state index in [0.29, 0.717) is 13.0 Å². The van der Waals surface area contributed by atoms with Crippen molar-refractivity contribution in [2.75, 3.05) is 11.9 Å². The molecule has 0 aliphatic heterocycles. The third-order valence-electron chi connectivity index (χ3n) is 7.11. The quantitative estimate of drug-likeness (QED) is 0.790. The van der Waals surface area contributed by atoms with Crippen molar-refractivity contribution in [2.24, 2.45) is 23.2 Å². The van der Waals surface area contributed by atoms with Crippen LogP contribution in [0.4, 0.5) is 5.69 Å². The average molecular weight is 393 g/mol. The van der Waals surface area contributed by atoms with Gasteiger partial charge in [-0.15, -0.1) is 0 Å². The minimum atomic E-state index is -0.144. The van der Waals surface area contributed by atoms with Gasteiger partial charge < -0.3 is 15.2 Å². The lowest BCUT2D eigenvalue weighted by atomic mass is 9.49. The van der Waals surface area contributed by atoms with E-state index in [4.69, 9.17) is 0 Å². The highest BCUT2D eigenvalue weighted by Crippen LogP contribution is 2.60. The van der Waals surface area contributed by atoms with E-state index in [0.717, 1.165) is 48.4 Å². The zero-order valence-corrected chi connectivity index (χ0v) is 16.6. The van der Waals surface area contributed by atoms with Crippen LogP contribution in [0.5, 0.6) is 0 Å². The minimum Gasteiger partial charge on any atom is -0.355 e. The monoisotopic (exact) mass is 392 g/mol. The van der Waals surface area contributed by atoms with Gasteiger partial charge in [-0.1, -0.05) is 0 Å². The summed E-state index contributed by atoms with van der Waals surface area (Å²) in [5.74, 6) is 2.36. The largest absolute Gasteiger partial charge is 0.355 e. The number of hydrogen-bond donors (Lipinski definition) is 2. The van der Waals surface area contributed by atoms with Crippen LogP contribution in [0.25, 0.3) is 5.69 Å². The van der Waals surface area contributed by atoms with E-state index in [2.05, 4.69) is 15.6 Å². The van der Waals surface area contributed by atoms with Crippen molar-refractivity contribution in [3.8, 4) is 5.69 Å². The number of aromatic nitrogens is 2. The summed E-state index contributed by atoms with van der Waals surface area (Å²) in [6, 6.07) is 7.63. The van der Waals surface area contributed by atoms with Gasteiger partial charge in [-0.3, -0.25) is 9.59 Å². The van der Waals surface area contributed by atoms with Gasteiger partial charge in [0.15, 0.2) is 0 Å². The lowest BCUT2D eigenvalue weighted by Gasteiger charge is -2.55. The molecule has 29 heavy (non-hydrogen) atoms. The molecule has 2 amide bonds. The molecule has 4 aliphatic rings. The Morgan fingerprint density at radius 2 is 1.69 bits per heavy atom. The molecule has 2 N–H and O–H groups in total. The second kappa shape index (κ2) is 7.32. The molecule has 0 saturated heterocycles. The Morgan fingerprint density at radius 3 is 2.28 bits per heavy atom. The maximum absolute atomic E-state index is 12.9. The Balaban J connectivity index is 1.10. The van der Waals surface area contributed by atoms with E-state index >= 15 is 0 Å². The van der Waals surface area contributed by atoms with Gasteiger partial charge in [0.25, 0.3) is 0 Å². The summed E-state index contributed by atoms with van der Waals surface area (Å²) in [4.78, 5) is 29.2. The number of nitrogens with one attached hydrogen (secondary N) is 2. The van der Waals surface area contributed by atoms with Crippen molar-refractivity contribution in [1.82, 2.24) is 14.9 Å². The number of benzene rings is 1. The van der Waals surface area contributed by atoms with Crippen molar-refractivity contribution < 1.29 is 9.59 Å². The Labute approximate surface area is 171 Å². The first kappa shape index (κ1) is 18.4. The highest BCUT2D eigenvalue weighted by Gasteiger charge is 2.54. The summed E-state index contributed by atoms with van der Waals surface area (Å²) in [6.45, 7) is 0.402. The van der Waals surface area contributed by atoms with Crippen molar-refractivity contribution in [3.05, 3.63) is 43.0 Å². The molecule has 6 rings (SSSR count). The van der Waals surface area contributed by atoms with Crippen LogP contribution in [0.3, 0.4) is 0 Å². The molecule has 1 heterocycles. The summed E-state index contributed by atoms with van der Waals surface area (Å²) in [7, 11) is 0. The topological polar surface area (TPSA) is 76.0 Å². The Bertz CT molecular complexity index is 853. The van der Waals surface area contributed by atoms with Gasteiger partial charge in [0.2, 0.25) is 11.8 Å². The number of hydrogen-bond acceptors (Lipinski definition) is 3. The SMILES string of the molecule is O=C(CCNC(=O)C12CC3CC(CC(C3)C1)C2)Nc1ccc(-n2ccnc2)cc1. The van der Waals surface area contributed by atoms with Crippen LogP contribution in [0.1, 0.15) is 44.9 Å². The zero-order valence-electron chi connectivity index (χ0n) is 16.6. The van der Waals surface area contributed by atoms with Crippen LogP contribution in [0.15, 0.2) is 43.0 Å². The van der Waals surface area contributed by atoms with Gasteiger partial charge >= 0.3 is 0 Å². The molecule has 152 valence electrons. The van der Waals surface area contributed by atoms with Gasteiger partial charge in [-0.05, 0) is 80.5 Å². The molecule has 1 aromatic carbocycles. The standard InChI is InChI=1S/C23H28N4O2/c28-21(26-19-1-3-20(4-2-19)27-8-7-24-15-27)5-6-25-22(29)23-12-16-9-17(13-23)11-18(10-16)14-23/h1-4,7-8,15-18H,5-6,9-14H2,(H,25,29)(H,26,28). The highest BCUT2D eigenvalue weighted by atomic mass is 16.2. The number of nitrogens with zero attached hydrogens (tertiary/aromatic N) is 2. The summed E-state index contributed by atoms with van der Waals surface area (Å²) in [5.41, 5.74) is 1.60. The van der Waals surface area contributed by atoms with Crippen LogP contribution in [0, 0.1) is 23.2 Å². The molecule has 4 saturated carbocycles. The number of anilines is 1. The normalized spacial score (nSPS) is 29.6. The van der Waals surface area contributed by atoms with E-state index in [1.165, 1.54) is 19.3 Å². The number of carbonyl (C=O) groups excluding carboxylic acids is 2. The second-order valence-corrected chi connectivity index (χ2v) is 9.27. The molecule has 0 radical (unpaired) electrons. The molecule has 4 fully saturated rings. The number of carbonyl (C=O) groups is 2. The third kappa shape index (κ3) is 3.68. The van der Waals surface area contributed by atoms with Gasteiger partial charge in [-0.25, -0.2) is 4.98 Å². The highest BCUT2D eigenvalue weighted by molar-refractivity contribution is 5.91. The van der Waals surface area contributed by atoms with E-state index < -0.39 is 0 Å². The molecule has 6 nitrogen and oxygen atoms in total. The fourth-order valence-electron chi connectivity index (χ4n) is 6.22. The van der Waals surface area contributed by atoms with Crippen LogP contribution in [-0.2, 0) is 9.59 Å². The second-order valence-electron chi connectivity index (χ2n) is 9.27. The number of imidazole rings is 1. The maximum atomic E-state index is 12.9. The Morgan fingerprint density at radius 1 is 1.03 bits per heavy atom. The fourth-order valence-corrected chi connectivity index (χ4v) is 6.22. The smallest absolute Gasteiger partial charge is 0.226 e. The van der Waals surface area contributed by atoms with Crippen molar-refractivity contribution in [2.45, 2.75) is 44.9 Å². The van der Waals surface area contributed by atoms with Crippen molar-refractivity contribution in [3.63, 3.8) is 0 Å². The molecule has 4 aliphatic carbocycles. The summed E-state index contributed by atoms with van der Waals surface area (Å²) < 4.78 is 1.91. The zero-order chi connectivity index (χ0) is 19.8. The molecular weight excluding hydrogens is 364 g/mol. The molecule has 6 heteroatoms. The fraction of sp³-hybridized carbons (Fsp3) is 0.522. The molecule has 4 bridgehead atoms. The first-order chi connectivity index (χ1) is 14.1. The molecule has 2 aromatic rings. The maximum Gasteiger partial charge on any atom is 0.226 e. The Kier molecular flexibility index (Phi) is 4.64. The van der Waals surface area contributed by atoms with E-state index in [1.54, 1.807) is 12.5 Å². The van der Waals surface area contributed by atoms with Crippen LogP contribution >= 0.6 is 0 Å². The van der Waals surface area contributed by atoms with Gasteiger partial charge in [-0.2, -0.15) is 0 Å². The molecule has 0 spiro atoms. The lowest BCUT2D eigenvalue weighted by molar-refractivity contribution is -0.146. The van der Waals surface area contributed by atoms with Gasteiger partial charge in [0, 0.05) is 42.1 Å². The van der Waals surface area contributed by atoms with Crippen LogP contribution in [-0.4, -0.2) is 27.9 Å². The third-order valence-corrected chi connectivity index (χ3v) is 7.11. The lowest BCUT2D eigenvalue weighted by Crippen LogP contribution is -2.53. The first-order valence-corrected chi connectivity index (χ1v) is 10.8. The average Bonchev–Trinajstić information content (AvgIpc) is 3.22. The van der Waals surface area contributed by atoms with Crippen LogP contribution < -0.4 is 10.6 Å². The number of amides is 2. The Hall–Kier alpha value is -2.63. The minimum absolute atomic E-state index is 0.0776. The summed E-state index contributed by atoms with van der Waals surface area (Å²) in [6.07, 6.45) is 12.8. The number of rotatable bonds is 6. The van der Waals surface area contributed by atoms with Crippen molar-refractivity contribution >= 4 is 17.5 Å². The van der Waals surface area contributed by atoms with E-state index in [-0.39, 0.29) is 17.2 Å². The predicted octanol–water partition coefficient (Wildman–Crippen LogP) is 3.53. The van der Waals surface area contributed by atoms with E-state index in [9.17, 15) is 9.59 Å². The van der Waals surface area contributed by atoms with E-state index in [1.807, 2.05) is 35.0 Å². The molecule has 0 atom stereocenters. The first-order valence-electron chi connectivity index (χ1n) is 10.8. The van der Waals surface area contributed by atoms with Gasteiger partial charge in [0.05, 0.1) is 6.33 Å². The summed E-state index contributed by atoms with van der Waals surface area (Å²) in [5, 5.41) is 5.98. The summed E-state index contributed by atoms with van der Waals surface area (Å²) >= 11 is 0. The molecular formula is C23H28N4O2. The van der Waals surface area contributed by atoms with Crippen LogP contribution in [0.2, 0.25) is 0 Å². The predicted molar refractivity (Wildman–Crippen MR) is 110 cm³/mol. The van der Waals surface area contributed by atoms with Crippen molar-refractivity contribution in [1.29, 1.82) is 0 Å².